The minimum Gasteiger partial charge on any atom is -0.534 e. The number of aromatic carboxylic acids is 1. The Bertz CT molecular complexity index is 985. The van der Waals surface area contributed by atoms with Crippen LogP contribution < -0.4 is 20.4 Å². The third-order valence-corrected chi connectivity index (χ3v) is 6.11. The van der Waals surface area contributed by atoms with Crippen LogP contribution in [-0.2, 0) is 11.2 Å². The van der Waals surface area contributed by atoms with E-state index in [0.717, 1.165) is 4.90 Å². The quantitative estimate of drug-likeness (QED) is 0.168. The third-order valence-electron chi connectivity index (χ3n) is 6.11. The Labute approximate surface area is 189 Å². The number of likely N-dealkylation sites (tertiary alicyclic amines) is 1. The molecule has 0 bridgehead atoms. The number of amides is 3. The number of carbonyl (C=O) groups is 3. The number of fused-ring (bicyclic) bond motifs is 1. The maximum Gasteiger partial charge on any atom is 0.547 e. The zero-order valence-corrected chi connectivity index (χ0v) is 18.0. The van der Waals surface area contributed by atoms with Crippen molar-refractivity contribution >= 4 is 43.4 Å². The van der Waals surface area contributed by atoms with Crippen LogP contribution in [0.5, 0.6) is 11.5 Å². The second-order valence-electron chi connectivity index (χ2n) is 7.78. The number of imide groups is 1. The van der Waals surface area contributed by atoms with E-state index in [4.69, 9.17) is 20.5 Å². The Morgan fingerprint density at radius 1 is 1.38 bits per heavy atom. The molecular formula is C18H23BClN5O7. The molecule has 4 rings (SSSR count). The summed E-state index contributed by atoms with van der Waals surface area (Å²) in [5.41, 5.74) is 4.57. The molecule has 3 amide bonds. The molecule has 0 radical (unpaired) electrons. The topological polar surface area (TPSA) is 179 Å². The van der Waals surface area contributed by atoms with Gasteiger partial charge < -0.3 is 35.5 Å². The number of carbonyl (C=O) groups excluding carboxylic acids is 2. The zero-order valence-electron chi connectivity index (χ0n) is 17.2. The largest absolute Gasteiger partial charge is 0.547 e. The molecule has 1 atom stereocenters. The molecule has 3 heterocycles. The number of benzene rings is 1. The molecule has 0 aromatic heterocycles. The number of halogens is 1. The van der Waals surface area contributed by atoms with Crippen molar-refractivity contribution in [2.24, 2.45) is 5.73 Å². The van der Waals surface area contributed by atoms with Gasteiger partial charge in [-0.1, -0.05) is 6.07 Å². The lowest BCUT2D eigenvalue weighted by atomic mass is 9.71. The van der Waals surface area contributed by atoms with E-state index in [1.165, 1.54) is 13.2 Å². The number of ether oxygens (including phenoxy) is 1. The number of piperidine rings is 1. The first kappa shape index (κ1) is 23.5. The summed E-state index contributed by atoms with van der Waals surface area (Å²) in [7, 11) is -0.291. The van der Waals surface area contributed by atoms with Crippen molar-refractivity contribution < 1.29 is 33.9 Å². The van der Waals surface area contributed by atoms with Gasteiger partial charge in [0.1, 0.15) is 22.6 Å². The Morgan fingerprint density at radius 2 is 2.03 bits per heavy atom. The number of rotatable bonds is 3. The molecule has 12 nitrogen and oxygen atoms in total. The van der Waals surface area contributed by atoms with Crippen molar-refractivity contribution in [2.45, 2.75) is 30.7 Å². The van der Waals surface area contributed by atoms with Crippen LogP contribution in [0.1, 0.15) is 28.8 Å². The van der Waals surface area contributed by atoms with Gasteiger partial charge >= 0.3 is 19.1 Å². The van der Waals surface area contributed by atoms with Crippen LogP contribution in [0.25, 0.3) is 0 Å². The summed E-state index contributed by atoms with van der Waals surface area (Å²) in [4.78, 5) is 40.3. The Hall–Kier alpha value is -3.19. The van der Waals surface area contributed by atoms with Crippen LogP contribution in [0, 0.1) is 5.41 Å². The van der Waals surface area contributed by atoms with Gasteiger partial charge in [0, 0.05) is 13.1 Å². The average Bonchev–Trinajstić information content (AvgIpc) is 2.96. The molecule has 0 saturated carbocycles. The lowest BCUT2D eigenvalue weighted by molar-refractivity contribution is -0.133. The van der Waals surface area contributed by atoms with E-state index in [1.54, 1.807) is 11.0 Å². The van der Waals surface area contributed by atoms with Crippen molar-refractivity contribution in [1.29, 1.82) is 5.41 Å². The van der Waals surface area contributed by atoms with Crippen LogP contribution in [0.4, 0.5) is 4.79 Å². The maximum atomic E-state index is 13.3. The number of hydrogen-bond donors (Lipinski definition) is 5. The molecule has 32 heavy (non-hydrogen) atoms. The highest BCUT2D eigenvalue weighted by Gasteiger charge is 2.57. The normalized spacial score (nSPS) is 21.4. The molecule has 2 saturated heterocycles. The average molecular weight is 468 g/mol. The second kappa shape index (κ2) is 8.39. The summed E-state index contributed by atoms with van der Waals surface area (Å²) in [5.74, 6) is -2.87. The van der Waals surface area contributed by atoms with Crippen LogP contribution in [0.15, 0.2) is 12.1 Å². The number of nitrogens with zero attached hydrogens (tertiary/aromatic N) is 2. The second-order valence-corrected chi connectivity index (χ2v) is 7.78. The van der Waals surface area contributed by atoms with E-state index in [1.807, 2.05) is 0 Å². The number of nitrogens with two attached hydrogens (primary N) is 1. The van der Waals surface area contributed by atoms with Gasteiger partial charge in [0.05, 0.1) is 13.1 Å². The Morgan fingerprint density at radius 3 is 2.59 bits per heavy atom. The first-order chi connectivity index (χ1) is 14.7. The molecular weight excluding hydrogens is 444 g/mol. The van der Waals surface area contributed by atoms with Gasteiger partial charge in [-0.2, -0.15) is 0 Å². The molecule has 1 aromatic rings. The van der Waals surface area contributed by atoms with E-state index < -0.39 is 36.5 Å². The van der Waals surface area contributed by atoms with Crippen LogP contribution in [0.2, 0.25) is 0 Å². The smallest absolute Gasteiger partial charge is 0.534 e. The summed E-state index contributed by atoms with van der Waals surface area (Å²) in [6.45, 7) is 0.674. The van der Waals surface area contributed by atoms with E-state index in [0.29, 0.717) is 18.7 Å². The summed E-state index contributed by atoms with van der Waals surface area (Å²) in [6, 6.07) is 2.40. The molecule has 0 aliphatic carbocycles. The molecule has 0 unspecified atom stereocenters. The molecule has 14 heteroatoms. The van der Waals surface area contributed by atoms with Crippen molar-refractivity contribution in [3.8, 4) is 11.5 Å². The monoisotopic (exact) mass is 467 g/mol. The summed E-state index contributed by atoms with van der Waals surface area (Å²) < 4.78 is 10.6. The van der Waals surface area contributed by atoms with E-state index in [2.05, 4.69) is 5.32 Å². The van der Waals surface area contributed by atoms with Gasteiger partial charge in [-0.05, 0) is 30.9 Å². The SMILES string of the molecule is COc1ccc2c(c1C(=O)O)OB(O)[C@@H](N1C(=O)NC3(CCN(C(=N)N)CC3)C1=O)C2.Cl. The fourth-order valence-electron chi connectivity index (χ4n) is 4.43. The fourth-order valence-corrected chi connectivity index (χ4v) is 4.43. The number of guanidine groups is 1. The highest BCUT2D eigenvalue weighted by molar-refractivity contribution is 6.47. The number of urea groups is 1. The molecule has 2 fully saturated rings. The van der Waals surface area contributed by atoms with Gasteiger partial charge in [0.15, 0.2) is 5.96 Å². The van der Waals surface area contributed by atoms with Crippen molar-refractivity contribution in [1.82, 2.24) is 15.1 Å². The van der Waals surface area contributed by atoms with E-state index >= 15 is 0 Å². The minimum atomic E-state index is -1.61. The minimum absolute atomic E-state index is 0. The number of carboxylic acids is 1. The van der Waals surface area contributed by atoms with Gasteiger partial charge in [0.25, 0.3) is 5.91 Å². The van der Waals surface area contributed by atoms with Crippen molar-refractivity contribution in [3.05, 3.63) is 23.3 Å². The summed E-state index contributed by atoms with van der Waals surface area (Å²) >= 11 is 0. The van der Waals surface area contributed by atoms with Crippen LogP contribution in [0.3, 0.4) is 0 Å². The predicted molar refractivity (Wildman–Crippen MR) is 114 cm³/mol. The number of carboxylic acid groups (broad SMARTS) is 1. The summed E-state index contributed by atoms with van der Waals surface area (Å²) in [6.07, 6.45) is 0.568. The van der Waals surface area contributed by atoms with E-state index in [-0.39, 0.29) is 54.7 Å². The highest BCUT2D eigenvalue weighted by Crippen LogP contribution is 2.39. The molecule has 3 aliphatic rings. The molecule has 6 N–H and O–H groups in total. The van der Waals surface area contributed by atoms with Crippen LogP contribution in [-0.4, -0.2) is 82.6 Å². The lowest BCUT2D eigenvalue weighted by Crippen LogP contribution is -2.59. The van der Waals surface area contributed by atoms with E-state index in [9.17, 15) is 24.5 Å². The van der Waals surface area contributed by atoms with Gasteiger partial charge in [0.2, 0.25) is 0 Å². The van der Waals surface area contributed by atoms with Crippen molar-refractivity contribution in [2.75, 3.05) is 20.2 Å². The Balaban J connectivity index is 0.00000289. The fraction of sp³-hybridized carbons (Fsp3) is 0.444. The highest BCUT2D eigenvalue weighted by atomic mass is 35.5. The first-order valence-electron chi connectivity index (χ1n) is 9.71. The molecule has 172 valence electrons. The predicted octanol–water partition coefficient (Wildman–Crippen LogP) is -0.582. The zero-order chi connectivity index (χ0) is 22.5. The van der Waals surface area contributed by atoms with Crippen molar-refractivity contribution in [3.63, 3.8) is 0 Å². The maximum absolute atomic E-state index is 13.3. The molecule has 1 spiro atoms. The van der Waals surface area contributed by atoms with Gasteiger partial charge in [-0.3, -0.25) is 15.1 Å². The number of methoxy groups -OCH3 is 1. The van der Waals surface area contributed by atoms with Crippen LogP contribution >= 0.6 is 12.4 Å². The lowest BCUT2D eigenvalue weighted by Gasteiger charge is -2.38. The summed E-state index contributed by atoms with van der Waals surface area (Å²) in [5, 5.41) is 30.4. The third kappa shape index (κ3) is 3.56. The molecule has 1 aromatic carbocycles. The Kier molecular flexibility index (Phi) is 6.16. The number of nitrogens with one attached hydrogen (secondary N) is 2. The first-order valence-corrected chi connectivity index (χ1v) is 9.71. The van der Waals surface area contributed by atoms with Gasteiger partial charge in [-0.15, -0.1) is 12.4 Å². The number of hydrogen-bond acceptors (Lipinski definition) is 7. The molecule has 3 aliphatic heterocycles. The standard InChI is InChI=1S/C18H22BN5O7.ClH/c1-30-10-3-2-9-8-11(19(29)31-13(9)12(10)14(25)26)24-15(27)18(22-17(24)28)4-6-23(7-5-18)16(20)21;/h2-3,11,29H,4-8H2,1H3,(H3,20,21)(H,22,28)(H,25,26);1H/t11-;/m0./s1. The van der Waals surface area contributed by atoms with Gasteiger partial charge in [-0.25, -0.2) is 9.59 Å².